The zero-order valence-electron chi connectivity index (χ0n) is 14.7. The first kappa shape index (κ1) is 18.2. The lowest BCUT2D eigenvalue weighted by atomic mass is 10.1. The van der Waals surface area contributed by atoms with Gasteiger partial charge in [-0.2, -0.15) is 5.10 Å². The van der Waals surface area contributed by atoms with Crippen molar-refractivity contribution in [3.8, 4) is 5.69 Å². The number of carbonyl (C=O) groups excluding carboxylic acids is 1. The van der Waals surface area contributed by atoms with Crippen LogP contribution in [0.25, 0.3) is 5.69 Å². The second-order valence-corrected chi connectivity index (χ2v) is 6.07. The van der Waals surface area contributed by atoms with Gasteiger partial charge in [0.25, 0.3) is 11.6 Å². The Morgan fingerprint density at radius 3 is 2.41 bits per heavy atom. The van der Waals surface area contributed by atoms with E-state index < -0.39 is 4.92 Å². The Kier molecular flexibility index (Phi) is 4.98. The largest absolute Gasteiger partial charge is 0.345 e. The van der Waals surface area contributed by atoms with E-state index in [4.69, 9.17) is 0 Å². The van der Waals surface area contributed by atoms with Crippen molar-refractivity contribution in [1.82, 2.24) is 15.1 Å². The average molecular weight is 368 g/mol. The first-order valence-corrected chi connectivity index (χ1v) is 8.22. The molecule has 3 aromatic rings. The van der Waals surface area contributed by atoms with Crippen molar-refractivity contribution >= 4 is 11.6 Å². The number of benzene rings is 2. The van der Waals surface area contributed by atoms with Crippen molar-refractivity contribution in [3.05, 3.63) is 87.5 Å². The zero-order chi connectivity index (χ0) is 19.6. The molecule has 7 nitrogen and oxygen atoms in total. The zero-order valence-corrected chi connectivity index (χ0v) is 14.7. The van der Waals surface area contributed by atoms with Crippen molar-refractivity contribution in [2.75, 3.05) is 0 Å². The molecule has 0 aliphatic carbocycles. The summed E-state index contributed by atoms with van der Waals surface area (Å²) >= 11 is 0. The Morgan fingerprint density at radius 2 is 1.81 bits per heavy atom. The van der Waals surface area contributed by atoms with E-state index in [-0.39, 0.29) is 23.5 Å². The quantitative estimate of drug-likeness (QED) is 0.549. The molecule has 0 radical (unpaired) electrons. The number of hydrogen-bond donors (Lipinski definition) is 1. The molecule has 1 unspecified atom stereocenters. The first-order valence-electron chi connectivity index (χ1n) is 8.22. The normalized spacial score (nSPS) is 11.8. The van der Waals surface area contributed by atoms with Crippen molar-refractivity contribution in [3.63, 3.8) is 0 Å². The van der Waals surface area contributed by atoms with E-state index in [0.717, 1.165) is 11.3 Å². The Balaban J connectivity index is 1.76. The number of nitrogens with zero attached hydrogens (tertiary/aromatic N) is 3. The Bertz CT molecular complexity index is 981. The number of amides is 1. The van der Waals surface area contributed by atoms with Gasteiger partial charge in [0.2, 0.25) is 0 Å². The van der Waals surface area contributed by atoms with Crippen LogP contribution < -0.4 is 5.32 Å². The Morgan fingerprint density at radius 1 is 1.19 bits per heavy atom. The van der Waals surface area contributed by atoms with Crippen molar-refractivity contribution < 1.29 is 14.1 Å². The molecular weight excluding hydrogens is 351 g/mol. The Labute approximate surface area is 154 Å². The van der Waals surface area contributed by atoms with Gasteiger partial charge in [-0.1, -0.05) is 0 Å². The van der Waals surface area contributed by atoms with Gasteiger partial charge >= 0.3 is 0 Å². The van der Waals surface area contributed by atoms with Gasteiger partial charge in [-0.15, -0.1) is 0 Å². The highest BCUT2D eigenvalue weighted by molar-refractivity contribution is 5.94. The SMILES string of the molecule is Cc1c(C(C)NC(=O)c2ccc([N+](=O)[O-])cc2)cnn1-c1ccc(F)cc1. The van der Waals surface area contributed by atoms with Gasteiger partial charge < -0.3 is 5.32 Å². The smallest absolute Gasteiger partial charge is 0.269 e. The average Bonchev–Trinajstić information content (AvgIpc) is 3.04. The molecule has 2 aromatic carbocycles. The summed E-state index contributed by atoms with van der Waals surface area (Å²) in [5, 5.41) is 17.9. The number of hydrogen-bond acceptors (Lipinski definition) is 4. The summed E-state index contributed by atoms with van der Waals surface area (Å²) in [6.45, 7) is 3.68. The van der Waals surface area contributed by atoms with Gasteiger partial charge in [0.05, 0.1) is 22.8 Å². The van der Waals surface area contributed by atoms with Crippen LogP contribution in [0.2, 0.25) is 0 Å². The van der Waals surface area contributed by atoms with E-state index >= 15 is 0 Å². The lowest BCUT2D eigenvalue weighted by Crippen LogP contribution is -2.26. The number of nitro groups is 1. The highest BCUT2D eigenvalue weighted by atomic mass is 19.1. The molecule has 0 spiro atoms. The van der Waals surface area contributed by atoms with Crippen molar-refractivity contribution in [2.45, 2.75) is 19.9 Å². The van der Waals surface area contributed by atoms with Gasteiger partial charge in [0.1, 0.15) is 5.82 Å². The molecule has 0 fully saturated rings. The van der Waals surface area contributed by atoms with E-state index in [1.807, 2.05) is 13.8 Å². The van der Waals surface area contributed by atoms with Crippen LogP contribution in [0.1, 0.15) is 34.6 Å². The molecule has 3 rings (SSSR count). The summed E-state index contributed by atoms with van der Waals surface area (Å²) in [5.41, 5.74) is 2.61. The highest BCUT2D eigenvalue weighted by Gasteiger charge is 2.18. The van der Waals surface area contributed by atoms with Crippen LogP contribution in [0.4, 0.5) is 10.1 Å². The maximum absolute atomic E-state index is 13.1. The van der Waals surface area contributed by atoms with Crippen LogP contribution in [-0.2, 0) is 0 Å². The number of rotatable bonds is 5. The third kappa shape index (κ3) is 3.84. The third-order valence-corrected chi connectivity index (χ3v) is 4.27. The van der Waals surface area contributed by atoms with E-state index in [1.54, 1.807) is 23.0 Å². The van der Waals surface area contributed by atoms with Gasteiger partial charge in [0.15, 0.2) is 0 Å². The standard InChI is InChI=1S/C19H17FN4O3/c1-12(22-19(25)14-3-7-17(8-4-14)24(26)27)18-11-21-23(13(18)2)16-9-5-15(20)6-10-16/h3-12H,1-2H3,(H,22,25). The molecule has 1 amide bonds. The maximum atomic E-state index is 13.1. The highest BCUT2D eigenvalue weighted by Crippen LogP contribution is 2.21. The van der Waals surface area contributed by atoms with Crippen LogP contribution in [0, 0.1) is 22.9 Å². The fraction of sp³-hybridized carbons (Fsp3) is 0.158. The second-order valence-electron chi connectivity index (χ2n) is 6.07. The van der Waals surface area contributed by atoms with Crippen LogP contribution in [0.5, 0.6) is 0 Å². The molecule has 0 saturated heterocycles. The van der Waals surface area contributed by atoms with E-state index in [2.05, 4.69) is 10.4 Å². The topological polar surface area (TPSA) is 90.1 Å². The van der Waals surface area contributed by atoms with Crippen LogP contribution in [-0.4, -0.2) is 20.6 Å². The number of nitro benzene ring substituents is 1. The minimum atomic E-state index is -0.516. The summed E-state index contributed by atoms with van der Waals surface area (Å²) < 4.78 is 14.8. The van der Waals surface area contributed by atoms with Crippen LogP contribution in [0.3, 0.4) is 0 Å². The minimum absolute atomic E-state index is 0.0731. The minimum Gasteiger partial charge on any atom is -0.345 e. The molecule has 0 bridgehead atoms. The fourth-order valence-electron chi connectivity index (χ4n) is 2.78. The van der Waals surface area contributed by atoms with Gasteiger partial charge in [0, 0.05) is 29.0 Å². The molecule has 0 aliphatic rings. The van der Waals surface area contributed by atoms with E-state index in [1.165, 1.54) is 36.4 Å². The van der Waals surface area contributed by atoms with E-state index in [0.29, 0.717) is 11.3 Å². The second kappa shape index (κ2) is 7.36. The van der Waals surface area contributed by atoms with E-state index in [9.17, 15) is 19.3 Å². The van der Waals surface area contributed by atoms with Gasteiger partial charge in [-0.3, -0.25) is 14.9 Å². The van der Waals surface area contributed by atoms with Gasteiger partial charge in [-0.05, 0) is 50.2 Å². The summed E-state index contributed by atoms with van der Waals surface area (Å²) in [5.74, 6) is -0.668. The van der Waals surface area contributed by atoms with Crippen LogP contribution >= 0.6 is 0 Å². The number of nitrogens with one attached hydrogen (secondary N) is 1. The molecule has 138 valence electrons. The molecule has 1 aromatic heterocycles. The summed E-state index contributed by atoms with van der Waals surface area (Å²) in [7, 11) is 0. The molecule has 8 heteroatoms. The maximum Gasteiger partial charge on any atom is 0.269 e. The number of halogens is 1. The molecule has 1 heterocycles. The first-order chi connectivity index (χ1) is 12.9. The molecule has 27 heavy (non-hydrogen) atoms. The Hall–Kier alpha value is -3.55. The molecular formula is C19H17FN4O3. The summed E-state index contributed by atoms with van der Waals surface area (Å²) in [6, 6.07) is 11.0. The fourth-order valence-corrected chi connectivity index (χ4v) is 2.78. The number of carbonyl (C=O) groups is 1. The summed E-state index contributed by atoms with van der Waals surface area (Å²) in [4.78, 5) is 22.6. The lowest BCUT2D eigenvalue weighted by molar-refractivity contribution is -0.384. The van der Waals surface area contributed by atoms with Crippen LogP contribution in [0.15, 0.2) is 54.7 Å². The molecule has 0 saturated carbocycles. The molecule has 0 aliphatic heterocycles. The van der Waals surface area contributed by atoms with Crippen molar-refractivity contribution in [1.29, 1.82) is 0 Å². The molecule has 1 atom stereocenters. The predicted molar refractivity (Wildman–Crippen MR) is 97.2 cm³/mol. The number of aromatic nitrogens is 2. The monoisotopic (exact) mass is 368 g/mol. The van der Waals surface area contributed by atoms with Gasteiger partial charge in [-0.25, -0.2) is 9.07 Å². The summed E-state index contributed by atoms with van der Waals surface area (Å²) in [6.07, 6.45) is 1.65. The predicted octanol–water partition coefficient (Wildman–Crippen LogP) is 3.72. The molecule has 1 N–H and O–H groups in total. The number of non-ortho nitro benzene ring substituents is 1. The van der Waals surface area contributed by atoms with Crippen molar-refractivity contribution in [2.24, 2.45) is 0 Å². The lowest BCUT2D eigenvalue weighted by Gasteiger charge is -2.14. The third-order valence-electron chi connectivity index (χ3n) is 4.27.